The average molecular weight is 336 g/mol. The number of nitrogens with one attached hydrogen (secondary N) is 2. The third kappa shape index (κ3) is 3.63. The van der Waals surface area contributed by atoms with Gasteiger partial charge in [0.25, 0.3) is 0 Å². The summed E-state index contributed by atoms with van der Waals surface area (Å²) in [5.41, 5.74) is -0.154. The average Bonchev–Trinajstić information content (AvgIpc) is 2.53. The summed E-state index contributed by atoms with van der Waals surface area (Å²) in [7, 11) is -3.60. The van der Waals surface area contributed by atoms with Crippen LogP contribution in [0.3, 0.4) is 0 Å². The normalized spacial score (nSPS) is 22.3. The monoisotopic (exact) mass is 336 g/mol. The minimum atomic E-state index is -3.60. The van der Waals surface area contributed by atoms with Gasteiger partial charge in [-0.1, -0.05) is 6.92 Å². The summed E-state index contributed by atoms with van der Waals surface area (Å²) in [6, 6.07) is 7.32. The lowest BCUT2D eigenvalue weighted by Gasteiger charge is -2.34. The lowest BCUT2D eigenvalue weighted by Crippen LogP contribution is -2.45. The lowest BCUT2D eigenvalue weighted by atomic mass is 9.83. The maximum atomic E-state index is 12.5. The first-order valence-electron chi connectivity index (χ1n) is 7.62. The topological polar surface area (TPSA) is 88.4 Å². The molecule has 3 rings (SSSR count). The Kier molecular flexibility index (Phi) is 4.27. The van der Waals surface area contributed by atoms with Gasteiger partial charge in [-0.15, -0.1) is 0 Å². The molecule has 1 atom stereocenters. The van der Waals surface area contributed by atoms with Crippen molar-refractivity contribution in [3.63, 3.8) is 0 Å². The van der Waals surface area contributed by atoms with Gasteiger partial charge in [-0.05, 0) is 49.1 Å². The van der Waals surface area contributed by atoms with Crippen LogP contribution in [0, 0.1) is 5.41 Å². The van der Waals surface area contributed by atoms with Gasteiger partial charge in [0.1, 0.15) is 5.58 Å². The van der Waals surface area contributed by atoms with Crippen LogP contribution in [-0.4, -0.2) is 28.1 Å². The Morgan fingerprint density at radius 1 is 1.30 bits per heavy atom. The van der Waals surface area contributed by atoms with Crippen LogP contribution < -0.4 is 15.7 Å². The standard InChI is InChI=1S/C16H20N2O4S/c1-16(7-2-8-17-10-16)11-18-23(20,21)13-4-5-14-12(9-13)3-6-15(19)22-14/h3-6,9,17-18H,2,7-8,10-11H2,1H3. The molecule has 0 aliphatic carbocycles. The van der Waals surface area contributed by atoms with E-state index in [1.807, 2.05) is 0 Å². The molecule has 0 amide bonds. The Morgan fingerprint density at radius 2 is 2.13 bits per heavy atom. The van der Waals surface area contributed by atoms with Crippen molar-refractivity contribution in [3.05, 3.63) is 40.8 Å². The fraction of sp³-hybridized carbons (Fsp3) is 0.438. The van der Waals surface area contributed by atoms with Gasteiger partial charge in [-0.3, -0.25) is 0 Å². The first-order valence-corrected chi connectivity index (χ1v) is 9.11. The number of fused-ring (bicyclic) bond motifs is 1. The Labute approximate surface area is 134 Å². The van der Waals surface area contributed by atoms with Gasteiger partial charge >= 0.3 is 5.63 Å². The molecule has 1 saturated heterocycles. The van der Waals surface area contributed by atoms with E-state index >= 15 is 0 Å². The second-order valence-corrected chi connectivity index (χ2v) is 8.14. The van der Waals surface area contributed by atoms with Crippen molar-refractivity contribution in [1.29, 1.82) is 0 Å². The largest absolute Gasteiger partial charge is 0.423 e. The van der Waals surface area contributed by atoms with E-state index in [1.165, 1.54) is 24.3 Å². The molecule has 0 saturated carbocycles. The van der Waals surface area contributed by atoms with Gasteiger partial charge in [-0.2, -0.15) is 0 Å². The summed E-state index contributed by atoms with van der Waals surface area (Å²) < 4.78 is 32.7. The third-order valence-corrected chi connectivity index (χ3v) is 5.67. The molecule has 1 aromatic carbocycles. The summed E-state index contributed by atoms with van der Waals surface area (Å²) in [6.07, 6.45) is 2.04. The summed E-state index contributed by atoms with van der Waals surface area (Å²) in [6.45, 7) is 4.26. The van der Waals surface area contributed by atoms with Crippen molar-refractivity contribution in [2.75, 3.05) is 19.6 Å². The van der Waals surface area contributed by atoms with E-state index in [0.717, 1.165) is 25.9 Å². The highest BCUT2D eigenvalue weighted by Gasteiger charge is 2.28. The molecule has 1 aliphatic heterocycles. The molecule has 1 aliphatic rings. The minimum Gasteiger partial charge on any atom is -0.423 e. The maximum absolute atomic E-state index is 12.5. The molecule has 7 heteroatoms. The highest BCUT2D eigenvalue weighted by atomic mass is 32.2. The van der Waals surface area contributed by atoms with Crippen LogP contribution in [0.25, 0.3) is 11.0 Å². The predicted octanol–water partition coefficient (Wildman–Crippen LogP) is 1.46. The first-order chi connectivity index (χ1) is 10.9. The molecule has 124 valence electrons. The SMILES string of the molecule is CC1(CNS(=O)(=O)c2ccc3oc(=O)ccc3c2)CCCNC1. The van der Waals surface area contributed by atoms with Gasteiger partial charge in [0, 0.05) is 24.5 Å². The molecule has 6 nitrogen and oxygen atoms in total. The fourth-order valence-corrected chi connectivity index (χ4v) is 4.07. The van der Waals surface area contributed by atoms with Crippen molar-refractivity contribution < 1.29 is 12.8 Å². The van der Waals surface area contributed by atoms with Crippen LogP contribution in [0.1, 0.15) is 19.8 Å². The highest BCUT2D eigenvalue weighted by molar-refractivity contribution is 7.89. The van der Waals surface area contributed by atoms with Crippen LogP contribution in [0.15, 0.2) is 44.4 Å². The molecular weight excluding hydrogens is 316 g/mol. The Balaban J connectivity index is 1.81. The quantitative estimate of drug-likeness (QED) is 0.825. The van der Waals surface area contributed by atoms with Crippen molar-refractivity contribution >= 4 is 21.0 Å². The third-order valence-electron chi connectivity index (χ3n) is 4.28. The zero-order valence-electron chi connectivity index (χ0n) is 13.0. The summed E-state index contributed by atoms with van der Waals surface area (Å²) in [5.74, 6) is 0. The molecule has 23 heavy (non-hydrogen) atoms. The Bertz CT molecular complexity index is 867. The Morgan fingerprint density at radius 3 is 2.87 bits per heavy atom. The van der Waals surface area contributed by atoms with Gasteiger partial charge in [0.05, 0.1) is 4.90 Å². The lowest BCUT2D eigenvalue weighted by molar-refractivity contribution is 0.238. The second kappa shape index (κ2) is 6.07. The van der Waals surface area contributed by atoms with Crippen LogP contribution in [0.2, 0.25) is 0 Å². The van der Waals surface area contributed by atoms with Crippen LogP contribution >= 0.6 is 0 Å². The van der Waals surface area contributed by atoms with E-state index in [2.05, 4.69) is 17.0 Å². The number of sulfonamides is 1. The first kappa shape index (κ1) is 16.2. The molecule has 0 spiro atoms. The van der Waals surface area contributed by atoms with Crippen molar-refractivity contribution in [3.8, 4) is 0 Å². The molecule has 1 unspecified atom stereocenters. The van der Waals surface area contributed by atoms with Crippen LogP contribution in [-0.2, 0) is 10.0 Å². The molecule has 1 aromatic heterocycles. The summed E-state index contributed by atoms with van der Waals surface area (Å²) >= 11 is 0. The van der Waals surface area contributed by atoms with Gasteiger partial charge in [-0.25, -0.2) is 17.9 Å². The van der Waals surface area contributed by atoms with Gasteiger partial charge in [0.15, 0.2) is 0 Å². The summed E-state index contributed by atoms with van der Waals surface area (Å²) in [5, 5.41) is 3.89. The predicted molar refractivity (Wildman–Crippen MR) is 87.9 cm³/mol. The van der Waals surface area contributed by atoms with E-state index < -0.39 is 15.6 Å². The summed E-state index contributed by atoms with van der Waals surface area (Å²) in [4.78, 5) is 11.3. The molecule has 2 aromatic rings. The number of hydrogen-bond acceptors (Lipinski definition) is 5. The van der Waals surface area contributed by atoms with E-state index in [0.29, 0.717) is 17.5 Å². The number of rotatable bonds is 4. The maximum Gasteiger partial charge on any atom is 0.336 e. The van der Waals surface area contributed by atoms with Crippen molar-refractivity contribution in [2.45, 2.75) is 24.7 Å². The van der Waals surface area contributed by atoms with Gasteiger partial charge in [0.2, 0.25) is 10.0 Å². The fourth-order valence-electron chi connectivity index (χ4n) is 2.84. The van der Waals surface area contributed by atoms with Crippen molar-refractivity contribution in [1.82, 2.24) is 10.0 Å². The minimum absolute atomic E-state index is 0.0744. The molecular formula is C16H20N2O4S. The van der Waals surface area contributed by atoms with E-state index in [-0.39, 0.29) is 10.3 Å². The van der Waals surface area contributed by atoms with Gasteiger partial charge < -0.3 is 9.73 Å². The van der Waals surface area contributed by atoms with Crippen molar-refractivity contribution in [2.24, 2.45) is 5.41 Å². The highest BCUT2D eigenvalue weighted by Crippen LogP contribution is 2.25. The number of benzene rings is 1. The van der Waals surface area contributed by atoms with Crippen LogP contribution in [0.4, 0.5) is 0 Å². The zero-order chi connectivity index (χ0) is 16.5. The smallest absolute Gasteiger partial charge is 0.336 e. The molecule has 1 fully saturated rings. The molecule has 0 radical (unpaired) electrons. The number of hydrogen-bond donors (Lipinski definition) is 2. The van der Waals surface area contributed by atoms with E-state index in [4.69, 9.17) is 4.42 Å². The zero-order valence-corrected chi connectivity index (χ0v) is 13.8. The molecule has 2 N–H and O–H groups in total. The van der Waals surface area contributed by atoms with E-state index in [1.54, 1.807) is 6.07 Å². The Hall–Kier alpha value is -1.70. The molecule has 2 heterocycles. The van der Waals surface area contributed by atoms with Crippen LogP contribution in [0.5, 0.6) is 0 Å². The van der Waals surface area contributed by atoms with E-state index in [9.17, 15) is 13.2 Å². The molecule has 0 bridgehead atoms. The number of piperidine rings is 1. The second-order valence-electron chi connectivity index (χ2n) is 6.37.